The summed E-state index contributed by atoms with van der Waals surface area (Å²) in [5, 5.41) is 0.543. The first-order chi connectivity index (χ1) is 24.5. The minimum Gasteiger partial charge on any atom is -0.497 e. The topological polar surface area (TPSA) is 95.8 Å². The third-order valence-electron chi connectivity index (χ3n) is 7.93. The second-order valence-corrected chi connectivity index (χ2v) is 11.8. The van der Waals surface area contributed by atoms with Crippen molar-refractivity contribution in [2.24, 2.45) is 0 Å². The first-order valence-corrected chi connectivity index (χ1v) is 16.2. The van der Waals surface area contributed by atoms with E-state index in [1.54, 1.807) is 20.4 Å². The SMILES string of the molecule is COc1cccc(-c2nc(-c3ccccc3)c3ncc(C)cc3n2)c1.COc1cccc(-c2nc(-c3ccccc3)c3ncc(Cl)cc3n2)c1. The van der Waals surface area contributed by atoms with Gasteiger partial charge in [0.15, 0.2) is 11.6 Å². The molecule has 9 heteroatoms. The van der Waals surface area contributed by atoms with Crippen LogP contribution in [-0.2, 0) is 0 Å². The van der Waals surface area contributed by atoms with Crippen LogP contribution >= 0.6 is 11.6 Å². The van der Waals surface area contributed by atoms with Gasteiger partial charge >= 0.3 is 0 Å². The minimum atomic E-state index is 0.543. The zero-order chi connectivity index (χ0) is 34.5. The van der Waals surface area contributed by atoms with E-state index in [4.69, 9.17) is 36.0 Å². The number of rotatable bonds is 6. The molecular formula is C41H31ClN6O2. The number of aromatic nitrogens is 6. The lowest BCUT2D eigenvalue weighted by Gasteiger charge is -2.10. The van der Waals surface area contributed by atoms with Gasteiger partial charge < -0.3 is 9.47 Å². The monoisotopic (exact) mass is 674 g/mol. The Morgan fingerprint density at radius 1 is 0.480 bits per heavy atom. The molecule has 0 saturated carbocycles. The summed E-state index contributed by atoms with van der Waals surface area (Å²) < 4.78 is 10.6. The fourth-order valence-electron chi connectivity index (χ4n) is 5.49. The van der Waals surface area contributed by atoms with Crippen molar-refractivity contribution >= 4 is 33.7 Å². The molecule has 0 aliphatic heterocycles. The second kappa shape index (κ2) is 14.5. The maximum absolute atomic E-state index is 6.12. The van der Waals surface area contributed by atoms with E-state index in [9.17, 15) is 0 Å². The molecule has 8 rings (SSSR count). The summed E-state index contributed by atoms with van der Waals surface area (Å²) in [5.41, 5.74) is 9.56. The van der Waals surface area contributed by atoms with Crippen LogP contribution in [-0.4, -0.2) is 44.1 Å². The smallest absolute Gasteiger partial charge is 0.160 e. The lowest BCUT2D eigenvalue weighted by molar-refractivity contribution is 0.415. The molecular weight excluding hydrogens is 644 g/mol. The lowest BCUT2D eigenvalue weighted by Crippen LogP contribution is -1.97. The van der Waals surface area contributed by atoms with Crippen LogP contribution in [0.1, 0.15) is 5.56 Å². The molecule has 0 aliphatic carbocycles. The molecule has 0 N–H and O–H groups in total. The molecule has 0 saturated heterocycles. The predicted octanol–water partition coefficient (Wildman–Crippen LogP) is 9.70. The summed E-state index contributed by atoms with van der Waals surface area (Å²) in [6.07, 6.45) is 3.47. The second-order valence-electron chi connectivity index (χ2n) is 11.4. The number of methoxy groups -OCH3 is 2. The summed E-state index contributed by atoms with van der Waals surface area (Å²) in [4.78, 5) is 28.0. The fraction of sp³-hybridized carbons (Fsp3) is 0.0732. The quantitative estimate of drug-likeness (QED) is 0.172. The molecule has 0 aliphatic rings. The van der Waals surface area contributed by atoms with E-state index in [0.717, 1.165) is 67.3 Å². The van der Waals surface area contributed by atoms with E-state index in [1.807, 2.05) is 134 Å². The Morgan fingerprint density at radius 2 is 0.940 bits per heavy atom. The highest BCUT2D eigenvalue weighted by atomic mass is 35.5. The molecule has 0 atom stereocenters. The van der Waals surface area contributed by atoms with Crippen LogP contribution in [0.25, 0.3) is 67.4 Å². The maximum Gasteiger partial charge on any atom is 0.160 e. The Bertz CT molecular complexity index is 2270. The molecule has 8 nitrogen and oxygen atoms in total. The third kappa shape index (κ3) is 6.97. The predicted molar refractivity (Wildman–Crippen MR) is 199 cm³/mol. The van der Waals surface area contributed by atoms with Gasteiger partial charge in [0.25, 0.3) is 0 Å². The minimum absolute atomic E-state index is 0.543. The van der Waals surface area contributed by atoms with Crippen molar-refractivity contribution in [3.8, 4) is 56.8 Å². The molecule has 0 spiro atoms. The number of hydrogen-bond acceptors (Lipinski definition) is 8. The first-order valence-electron chi connectivity index (χ1n) is 15.9. The molecule has 0 bridgehead atoms. The van der Waals surface area contributed by atoms with Gasteiger partial charge in [0.1, 0.15) is 33.9 Å². The average molecular weight is 675 g/mol. The highest BCUT2D eigenvalue weighted by molar-refractivity contribution is 6.31. The molecule has 0 amide bonds. The van der Waals surface area contributed by atoms with Gasteiger partial charge in [-0.25, -0.2) is 19.9 Å². The number of benzene rings is 4. The Balaban J connectivity index is 0.000000157. The number of fused-ring (bicyclic) bond motifs is 2. The van der Waals surface area contributed by atoms with E-state index in [1.165, 1.54) is 0 Å². The van der Waals surface area contributed by atoms with E-state index in [-0.39, 0.29) is 0 Å². The van der Waals surface area contributed by atoms with Gasteiger partial charge in [-0.15, -0.1) is 0 Å². The molecule has 0 fully saturated rings. The Hall–Kier alpha value is -6.25. The number of nitrogens with zero attached hydrogens (tertiary/aromatic N) is 6. The first kappa shape index (κ1) is 32.3. The molecule has 4 aromatic carbocycles. The van der Waals surface area contributed by atoms with Crippen LogP contribution in [0, 0.1) is 6.92 Å². The van der Waals surface area contributed by atoms with Crippen molar-refractivity contribution in [3.05, 3.63) is 144 Å². The van der Waals surface area contributed by atoms with E-state index < -0.39 is 0 Å². The fourth-order valence-corrected chi connectivity index (χ4v) is 5.64. The van der Waals surface area contributed by atoms with Crippen molar-refractivity contribution in [1.29, 1.82) is 0 Å². The molecule has 50 heavy (non-hydrogen) atoms. The van der Waals surface area contributed by atoms with Gasteiger partial charge in [-0.3, -0.25) is 9.97 Å². The number of ether oxygens (including phenoxy) is 2. The Labute approximate surface area is 294 Å². The standard InChI is InChI=1S/C21H17N3O.C20H14ClN3O/c1-14-11-18-20(22-13-14)19(15-7-4-3-5-8-15)24-21(23-18)16-9-6-10-17(12-16)25-2;1-25-16-9-5-8-14(10-16)20-23-17-11-15(21)12-22-19(17)18(24-20)13-6-3-2-4-7-13/h3-13H,1-2H3;2-12H,1H3. The van der Waals surface area contributed by atoms with E-state index in [2.05, 4.69) is 15.0 Å². The summed E-state index contributed by atoms with van der Waals surface area (Å²) in [6.45, 7) is 2.02. The van der Waals surface area contributed by atoms with Gasteiger partial charge in [-0.1, -0.05) is 96.5 Å². The van der Waals surface area contributed by atoms with Crippen LogP contribution in [0.5, 0.6) is 11.5 Å². The Kier molecular flexibility index (Phi) is 9.35. The summed E-state index contributed by atoms with van der Waals surface area (Å²) in [7, 11) is 3.29. The summed E-state index contributed by atoms with van der Waals surface area (Å²) in [6, 6.07) is 39.3. The van der Waals surface area contributed by atoms with Crippen molar-refractivity contribution in [3.63, 3.8) is 0 Å². The van der Waals surface area contributed by atoms with Crippen molar-refractivity contribution in [1.82, 2.24) is 29.9 Å². The van der Waals surface area contributed by atoms with Gasteiger partial charge in [0.2, 0.25) is 0 Å². The van der Waals surface area contributed by atoms with Gasteiger partial charge in [0.05, 0.1) is 30.3 Å². The Morgan fingerprint density at radius 3 is 1.44 bits per heavy atom. The maximum atomic E-state index is 6.12. The normalized spacial score (nSPS) is 10.8. The highest BCUT2D eigenvalue weighted by Gasteiger charge is 2.15. The third-order valence-corrected chi connectivity index (χ3v) is 8.13. The average Bonchev–Trinajstić information content (AvgIpc) is 3.17. The molecule has 0 unspecified atom stereocenters. The van der Waals surface area contributed by atoms with Crippen molar-refractivity contribution < 1.29 is 9.47 Å². The van der Waals surface area contributed by atoms with E-state index >= 15 is 0 Å². The number of hydrogen-bond donors (Lipinski definition) is 0. The van der Waals surface area contributed by atoms with E-state index in [0.29, 0.717) is 22.2 Å². The summed E-state index contributed by atoms with van der Waals surface area (Å²) in [5.74, 6) is 2.81. The molecule has 4 aromatic heterocycles. The van der Waals surface area contributed by atoms with Gasteiger partial charge in [-0.05, 0) is 48.9 Å². The van der Waals surface area contributed by atoms with Crippen LogP contribution in [0.15, 0.2) is 134 Å². The molecule has 4 heterocycles. The molecule has 244 valence electrons. The largest absolute Gasteiger partial charge is 0.497 e. The number of pyridine rings is 2. The van der Waals surface area contributed by atoms with Crippen molar-refractivity contribution in [2.75, 3.05) is 14.2 Å². The van der Waals surface area contributed by atoms with Crippen LogP contribution in [0.3, 0.4) is 0 Å². The lowest BCUT2D eigenvalue weighted by atomic mass is 10.1. The van der Waals surface area contributed by atoms with Crippen molar-refractivity contribution in [2.45, 2.75) is 6.92 Å². The summed E-state index contributed by atoms with van der Waals surface area (Å²) >= 11 is 6.12. The number of halogens is 1. The number of aryl methyl sites for hydroxylation is 1. The van der Waals surface area contributed by atoms with Crippen LogP contribution < -0.4 is 9.47 Å². The van der Waals surface area contributed by atoms with Crippen LogP contribution in [0.4, 0.5) is 0 Å². The highest BCUT2D eigenvalue weighted by Crippen LogP contribution is 2.31. The van der Waals surface area contributed by atoms with Gasteiger partial charge in [-0.2, -0.15) is 0 Å². The van der Waals surface area contributed by atoms with Crippen LogP contribution in [0.2, 0.25) is 5.02 Å². The molecule has 0 radical (unpaired) electrons. The zero-order valence-corrected chi connectivity index (χ0v) is 28.3. The molecule has 8 aromatic rings. The van der Waals surface area contributed by atoms with Gasteiger partial charge in [0, 0.05) is 34.6 Å². The zero-order valence-electron chi connectivity index (χ0n) is 27.6.